The van der Waals surface area contributed by atoms with Crippen LogP contribution in [0.2, 0.25) is 15.1 Å². The topological polar surface area (TPSA) is 20.2 Å². The Bertz CT molecular complexity index is 596. The molecule has 100 valence electrons. The van der Waals surface area contributed by atoms with Crippen molar-refractivity contribution in [2.24, 2.45) is 0 Å². The molecular formula is C15H13Cl3O. The van der Waals surface area contributed by atoms with Gasteiger partial charge in [0, 0.05) is 11.4 Å². The lowest BCUT2D eigenvalue weighted by atomic mass is 10.0. The van der Waals surface area contributed by atoms with Crippen molar-refractivity contribution >= 4 is 34.8 Å². The lowest BCUT2D eigenvalue weighted by Crippen LogP contribution is -2.02. The molecule has 0 saturated heterocycles. The number of hydrogen-bond donors (Lipinski definition) is 1. The maximum Gasteiger partial charge on any atom is 0.0831 e. The van der Waals surface area contributed by atoms with E-state index in [2.05, 4.69) is 0 Å². The minimum absolute atomic E-state index is 0.402. The summed E-state index contributed by atoms with van der Waals surface area (Å²) in [6, 6.07) is 10.9. The van der Waals surface area contributed by atoms with Crippen molar-refractivity contribution in [3.63, 3.8) is 0 Å². The summed E-state index contributed by atoms with van der Waals surface area (Å²) in [5.41, 5.74) is 2.57. The highest BCUT2D eigenvalue weighted by atomic mass is 35.5. The molecule has 1 unspecified atom stereocenters. The third-order valence-electron chi connectivity index (χ3n) is 3.03. The van der Waals surface area contributed by atoms with Crippen molar-refractivity contribution in [3.05, 3.63) is 68.2 Å². The zero-order chi connectivity index (χ0) is 14.0. The lowest BCUT2D eigenvalue weighted by Gasteiger charge is -2.13. The molecule has 1 atom stereocenters. The summed E-state index contributed by atoms with van der Waals surface area (Å²) in [5.74, 6) is 0. The fraction of sp³-hybridized carbons (Fsp3) is 0.200. The van der Waals surface area contributed by atoms with Crippen LogP contribution in [0.25, 0.3) is 0 Å². The average Bonchev–Trinajstić information content (AvgIpc) is 2.38. The summed E-state index contributed by atoms with van der Waals surface area (Å²) in [6.07, 6.45) is -0.257. The van der Waals surface area contributed by atoms with Crippen LogP contribution in [0.3, 0.4) is 0 Å². The molecule has 0 aliphatic rings. The van der Waals surface area contributed by atoms with Crippen LogP contribution in [0.4, 0.5) is 0 Å². The number of halogens is 3. The van der Waals surface area contributed by atoms with E-state index in [4.69, 9.17) is 34.8 Å². The highest BCUT2D eigenvalue weighted by Gasteiger charge is 2.13. The Balaban J connectivity index is 2.23. The Morgan fingerprint density at radius 3 is 2.47 bits per heavy atom. The van der Waals surface area contributed by atoms with Gasteiger partial charge in [-0.15, -0.1) is 0 Å². The Labute approximate surface area is 127 Å². The third-order valence-corrected chi connectivity index (χ3v) is 4.29. The summed E-state index contributed by atoms with van der Waals surface area (Å²) >= 11 is 18.1. The van der Waals surface area contributed by atoms with Crippen LogP contribution < -0.4 is 0 Å². The van der Waals surface area contributed by atoms with Gasteiger partial charge in [-0.05, 0) is 35.7 Å². The summed E-state index contributed by atoms with van der Waals surface area (Å²) in [7, 11) is 0. The van der Waals surface area contributed by atoms with Gasteiger partial charge in [0.1, 0.15) is 0 Å². The quantitative estimate of drug-likeness (QED) is 0.822. The van der Waals surface area contributed by atoms with E-state index in [9.17, 15) is 5.11 Å². The van der Waals surface area contributed by atoms with E-state index in [1.54, 1.807) is 12.1 Å². The number of rotatable bonds is 3. The molecule has 0 fully saturated rings. The van der Waals surface area contributed by atoms with Gasteiger partial charge in [-0.1, -0.05) is 59.1 Å². The highest BCUT2D eigenvalue weighted by molar-refractivity contribution is 6.42. The van der Waals surface area contributed by atoms with Gasteiger partial charge < -0.3 is 5.11 Å². The first-order valence-electron chi connectivity index (χ1n) is 5.86. The predicted molar refractivity (Wildman–Crippen MR) is 81.3 cm³/mol. The molecule has 1 N–H and O–H groups in total. The molecule has 0 amide bonds. The van der Waals surface area contributed by atoms with Gasteiger partial charge in [0.2, 0.25) is 0 Å². The first-order chi connectivity index (χ1) is 8.99. The Hall–Kier alpha value is -0.730. The average molecular weight is 316 g/mol. The minimum atomic E-state index is -0.658. The molecule has 0 radical (unpaired) electrons. The van der Waals surface area contributed by atoms with E-state index in [1.807, 2.05) is 31.2 Å². The van der Waals surface area contributed by atoms with Gasteiger partial charge in [0.25, 0.3) is 0 Å². The molecular weight excluding hydrogens is 303 g/mol. The molecule has 0 bridgehead atoms. The minimum Gasteiger partial charge on any atom is -0.388 e. The number of benzene rings is 2. The number of aryl methyl sites for hydroxylation is 1. The molecule has 0 aliphatic carbocycles. The number of hydrogen-bond acceptors (Lipinski definition) is 1. The summed E-state index contributed by atoms with van der Waals surface area (Å²) in [5, 5.41) is 11.9. The maximum atomic E-state index is 10.2. The van der Waals surface area contributed by atoms with Crippen LogP contribution in [0.1, 0.15) is 22.8 Å². The second-order valence-electron chi connectivity index (χ2n) is 4.44. The second kappa shape index (κ2) is 6.15. The molecule has 2 aromatic rings. The molecule has 0 heterocycles. The smallest absolute Gasteiger partial charge is 0.0831 e. The van der Waals surface area contributed by atoms with E-state index in [0.29, 0.717) is 21.5 Å². The molecule has 2 rings (SSSR count). The number of aliphatic hydroxyl groups excluding tert-OH is 1. The summed E-state index contributed by atoms with van der Waals surface area (Å²) < 4.78 is 0. The van der Waals surface area contributed by atoms with Crippen LogP contribution in [0.15, 0.2) is 36.4 Å². The summed E-state index contributed by atoms with van der Waals surface area (Å²) in [4.78, 5) is 0. The van der Waals surface area contributed by atoms with Gasteiger partial charge in [0.15, 0.2) is 0 Å². The molecule has 0 aliphatic heterocycles. The second-order valence-corrected chi connectivity index (χ2v) is 5.63. The molecule has 0 spiro atoms. The van der Waals surface area contributed by atoms with Crippen LogP contribution in [0.5, 0.6) is 0 Å². The van der Waals surface area contributed by atoms with Crippen molar-refractivity contribution in [2.45, 2.75) is 19.4 Å². The highest BCUT2D eigenvalue weighted by Crippen LogP contribution is 2.30. The zero-order valence-corrected chi connectivity index (χ0v) is 12.6. The SMILES string of the molecule is Cc1ccc(C(O)Cc2cccc(Cl)c2Cl)cc1Cl. The van der Waals surface area contributed by atoms with Gasteiger partial charge in [-0.25, -0.2) is 0 Å². The lowest BCUT2D eigenvalue weighted by molar-refractivity contribution is 0.178. The fourth-order valence-corrected chi connectivity index (χ4v) is 2.43. The molecule has 1 nitrogen and oxygen atoms in total. The molecule has 2 aromatic carbocycles. The van der Waals surface area contributed by atoms with Crippen LogP contribution in [-0.4, -0.2) is 5.11 Å². The van der Waals surface area contributed by atoms with E-state index in [-0.39, 0.29) is 0 Å². The van der Waals surface area contributed by atoms with E-state index >= 15 is 0 Å². The van der Waals surface area contributed by atoms with E-state index in [0.717, 1.165) is 16.7 Å². The van der Waals surface area contributed by atoms with Gasteiger partial charge in [-0.3, -0.25) is 0 Å². The van der Waals surface area contributed by atoms with Crippen molar-refractivity contribution in [3.8, 4) is 0 Å². The van der Waals surface area contributed by atoms with Gasteiger partial charge in [0.05, 0.1) is 16.1 Å². The van der Waals surface area contributed by atoms with Crippen molar-refractivity contribution in [1.29, 1.82) is 0 Å². The Morgan fingerprint density at radius 1 is 1.05 bits per heavy atom. The van der Waals surface area contributed by atoms with Crippen LogP contribution >= 0.6 is 34.8 Å². The van der Waals surface area contributed by atoms with Gasteiger partial charge >= 0.3 is 0 Å². The van der Waals surface area contributed by atoms with E-state index in [1.165, 1.54) is 0 Å². The Morgan fingerprint density at radius 2 is 1.79 bits per heavy atom. The predicted octanol–water partition coefficient (Wildman–Crippen LogP) is 5.23. The monoisotopic (exact) mass is 314 g/mol. The van der Waals surface area contributed by atoms with Crippen molar-refractivity contribution in [1.82, 2.24) is 0 Å². The normalized spacial score (nSPS) is 12.5. The van der Waals surface area contributed by atoms with Crippen molar-refractivity contribution < 1.29 is 5.11 Å². The standard InChI is InChI=1S/C15H13Cl3O/c1-9-5-6-10(7-13(9)17)14(19)8-11-3-2-4-12(16)15(11)18/h2-7,14,19H,8H2,1H3. The first-order valence-corrected chi connectivity index (χ1v) is 6.99. The molecule has 0 saturated carbocycles. The maximum absolute atomic E-state index is 10.2. The molecule has 0 aromatic heterocycles. The zero-order valence-electron chi connectivity index (χ0n) is 10.3. The first kappa shape index (κ1) is 14.7. The van der Waals surface area contributed by atoms with Crippen LogP contribution in [-0.2, 0) is 6.42 Å². The number of aliphatic hydroxyl groups is 1. The third kappa shape index (κ3) is 3.43. The van der Waals surface area contributed by atoms with Gasteiger partial charge in [-0.2, -0.15) is 0 Å². The molecule has 4 heteroatoms. The molecule has 19 heavy (non-hydrogen) atoms. The fourth-order valence-electron chi connectivity index (χ4n) is 1.85. The van der Waals surface area contributed by atoms with Crippen molar-refractivity contribution in [2.75, 3.05) is 0 Å². The van der Waals surface area contributed by atoms with E-state index < -0.39 is 6.10 Å². The Kier molecular flexibility index (Phi) is 4.75. The largest absolute Gasteiger partial charge is 0.388 e. The van der Waals surface area contributed by atoms with Crippen LogP contribution in [0, 0.1) is 6.92 Å². The summed E-state index contributed by atoms with van der Waals surface area (Å²) in [6.45, 7) is 1.92.